The van der Waals surface area contributed by atoms with Gasteiger partial charge in [-0.3, -0.25) is 14.3 Å². The molecule has 2 unspecified atom stereocenters. The second-order valence-corrected chi connectivity index (χ2v) is 11.7. The molecule has 1 aromatic heterocycles. The summed E-state index contributed by atoms with van der Waals surface area (Å²) in [5.41, 5.74) is 8.13. The van der Waals surface area contributed by atoms with Crippen molar-refractivity contribution in [2.45, 2.75) is 63.0 Å². The molecule has 1 aliphatic heterocycles. The fourth-order valence-electron chi connectivity index (χ4n) is 5.04. The van der Waals surface area contributed by atoms with E-state index in [-0.39, 0.29) is 16.6 Å². The Morgan fingerprint density at radius 3 is 2.45 bits per heavy atom. The third-order valence-electron chi connectivity index (χ3n) is 7.11. The van der Waals surface area contributed by atoms with Crippen LogP contribution in [0, 0.1) is 17.7 Å². The van der Waals surface area contributed by atoms with Crippen molar-refractivity contribution < 1.29 is 27.1 Å². The molecule has 1 aliphatic rings. The van der Waals surface area contributed by atoms with Crippen molar-refractivity contribution in [3.63, 3.8) is 0 Å². The number of anilines is 2. The number of ketones is 1. The standard InChI is InChI=1S/C30H34FN3O5S/c1-2-5-27-25(16-12-20-10-13-22(31)14-11-20)29(35)26(30(36)39-27)9-4-7-21-6-3-8-24(18-21)34-40(37,38)28-17-15-23(32)19-33-28/h3,6,8,10-11,13-15,17-19,25-27,34H,2,4-5,7,9,12,16,32H2,1H3/t25?,26?,27-/m1/s1. The van der Waals surface area contributed by atoms with Crippen LogP contribution < -0.4 is 10.5 Å². The van der Waals surface area contributed by atoms with E-state index in [4.69, 9.17) is 10.5 Å². The Bertz CT molecular complexity index is 1430. The van der Waals surface area contributed by atoms with Crippen LogP contribution in [0.3, 0.4) is 0 Å². The van der Waals surface area contributed by atoms with Crippen molar-refractivity contribution in [2.75, 3.05) is 10.5 Å². The highest BCUT2D eigenvalue weighted by Gasteiger charge is 2.43. The molecule has 40 heavy (non-hydrogen) atoms. The predicted octanol–water partition coefficient (Wildman–Crippen LogP) is 5.09. The lowest BCUT2D eigenvalue weighted by molar-refractivity contribution is -0.171. The molecule has 0 spiro atoms. The van der Waals surface area contributed by atoms with Crippen molar-refractivity contribution in [3.8, 4) is 0 Å². The number of nitrogens with two attached hydrogens (primary N) is 1. The summed E-state index contributed by atoms with van der Waals surface area (Å²) in [7, 11) is -3.88. The van der Waals surface area contributed by atoms with E-state index in [0.29, 0.717) is 49.9 Å². The molecule has 0 saturated carbocycles. The van der Waals surface area contributed by atoms with Gasteiger partial charge in [-0.15, -0.1) is 0 Å². The van der Waals surface area contributed by atoms with Crippen molar-refractivity contribution in [1.29, 1.82) is 0 Å². The molecule has 212 valence electrons. The number of ether oxygens (including phenoxy) is 1. The van der Waals surface area contributed by atoms with Crippen molar-refractivity contribution >= 4 is 33.2 Å². The maximum Gasteiger partial charge on any atom is 0.316 e. The molecule has 2 aromatic carbocycles. The van der Waals surface area contributed by atoms with Crippen LogP contribution in [0.25, 0.3) is 0 Å². The van der Waals surface area contributed by atoms with E-state index in [9.17, 15) is 22.4 Å². The minimum atomic E-state index is -3.88. The van der Waals surface area contributed by atoms with Crippen LogP contribution in [0.5, 0.6) is 0 Å². The summed E-state index contributed by atoms with van der Waals surface area (Å²) in [5.74, 6) is -2.10. The highest BCUT2D eigenvalue weighted by atomic mass is 32.2. The Balaban J connectivity index is 1.37. The smallest absolute Gasteiger partial charge is 0.316 e. The number of Topliss-reactive ketones (excluding diaryl/α,β-unsaturated/α-hetero) is 1. The minimum Gasteiger partial charge on any atom is -0.461 e. The van der Waals surface area contributed by atoms with Gasteiger partial charge in [0.15, 0.2) is 10.8 Å². The molecule has 0 bridgehead atoms. The molecule has 1 saturated heterocycles. The molecule has 0 amide bonds. The first-order chi connectivity index (χ1) is 19.2. The van der Waals surface area contributed by atoms with Crippen LogP contribution in [0.1, 0.15) is 50.2 Å². The first-order valence-electron chi connectivity index (χ1n) is 13.5. The van der Waals surface area contributed by atoms with Gasteiger partial charge in [0.1, 0.15) is 17.8 Å². The monoisotopic (exact) mass is 567 g/mol. The third kappa shape index (κ3) is 7.44. The van der Waals surface area contributed by atoms with Gasteiger partial charge in [0.25, 0.3) is 10.0 Å². The Kier molecular flexibility index (Phi) is 9.52. The number of cyclic esters (lactones) is 1. The Labute approximate surface area is 234 Å². The van der Waals surface area contributed by atoms with Gasteiger partial charge in [-0.2, -0.15) is 8.42 Å². The van der Waals surface area contributed by atoms with E-state index in [1.807, 2.05) is 13.0 Å². The van der Waals surface area contributed by atoms with Crippen LogP contribution in [0.2, 0.25) is 0 Å². The molecule has 4 rings (SSSR count). The Hall–Kier alpha value is -3.79. The number of nitrogens with zero attached hydrogens (tertiary/aromatic N) is 1. The van der Waals surface area contributed by atoms with Gasteiger partial charge in [-0.05, 0) is 86.1 Å². The minimum absolute atomic E-state index is 0.0886. The van der Waals surface area contributed by atoms with Crippen LogP contribution in [-0.4, -0.2) is 31.3 Å². The van der Waals surface area contributed by atoms with Gasteiger partial charge in [-0.25, -0.2) is 9.37 Å². The predicted molar refractivity (Wildman–Crippen MR) is 150 cm³/mol. The highest BCUT2D eigenvalue weighted by molar-refractivity contribution is 7.92. The van der Waals surface area contributed by atoms with Gasteiger partial charge >= 0.3 is 5.97 Å². The number of carbonyl (C=O) groups excluding carboxylic acids is 2. The summed E-state index contributed by atoms with van der Waals surface area (Å²) in [6.45, 7) is 1.99. The number of hydrogen-bond donors (Lipinski definition) is 2. The molecule has 8 nitrogen and oxygen atoms in total. The zero-order valence-electron chi connectivity index (χ0n) is 22.4. The molecule has 2 heterocycles. The van der Waals surface area contributed by atoms with E-state index in [1.54, 1.807) is 30.3 Å². The maximum absolute atomic E-state index is 13.5. The lowest BCUT2D eigenvalue weighted by Gasteiger charge is -2.34. The number of hydrogen-bond acceptors (Lipinski definition) is 7. The zero-order valence-corrected chi connectivity index (χ0v) is 23.2. The Morgan fingerprint density at radius 2 is 1.75 bits per heavy atom. The number of sulfonamides is 1. The van der Waals surface area contributed by atoms with Crippen LogP contribution in [-0.2, 0) is 37.2 Å². The topological polar surface area (TPSA) is 128 Å². The fourth-order valence-corrected chi connectivity index (χ4v) is 6.02. The number of halogens is 1. The molecule has 0 aliphatic carbocycles. The quantitative estimate of drug-likeness (QED) is 0.231. The maximum atomic E-state index is 13.5. The molecule has 10 heteroatoms. The van der Waals surface area contributed by atoms with Crippen LogP contribution >= 0.6 is 0 Å². The number of esters is 1. The number of aryl methyl sites for hydroxylation is 2. The van der Waals surface area contributed by atoms with E-state index in [1.165, 1.54) is 30.5 Å². The van der Waals surface area contributed by atoms with Gasteiger partial charge in [-0.1, -0.05) is 37.6 Å². The summed E-state index contributed by atoms with van der Waals surface area (Å²) >= 11 is 0. The number of benzene rings is 2. The largest absolute Gasteiger partial charge is 0.461 e. The summed E-state index contributed by atoms with van der Waals surface area (Å²) in [6, 6.07) is 16.0. The number of carbonyl (C=O) groups is 2. The van der Waals surface area contributed by atoms with Gasteiger partial charge in [0.05, 0.1) is 17.8 Å². The van der Waals surface area contributed by atoms with Crippen LogP contribution in [0.4, 0.5) is 15.8 Å². The molecular formula is C30H34FN3O5S. The molecular weight excluding hydrogens is 533 g/mol. The third-order valence-corrected chi connectivity index (χ3v) is 8.41. The lowest BCUT2D eigenvalue weighted by atomic mass is 9.79. The van der Waals surface area contributed by atoms with Crippen LogP contribution in [0.15, 0.2) is 71.9 Å². The van der Waals surface area contributed by atoms with Gasteiger partial charge < -0.3 is 10.5 Å². The highest BCUT2D eigenvalue weighted by Crippen LogP contribution is 2.32. The average molecular weight is 568 g/mol. The summed E-state index contributed by atoms with van der Waals surface area (Å²) < 4.78 is 46.9. The van der Waals surface area contributed by atoms with E-state index in [0.717, 1.165) is 17.5 Å². The normalized spacial score (nSPS) is 19.3. The van der Waals surface area contributed by atoms with Gasteiger partial charge in [0, 0.05) is 5.69 Å². The molecule has 3 N–H and O–H groups in total. The second-order valence-electron chi connectivity index (χ2n) is 10.1. The second kappa shape index (κ2) is 13.0. The van der Waals surface area contributed by atoms with E-state index < -0.39 is 33.9 Å². The molecule has 1 fully saturated rings. The van der Waals surface area contributed by atoms with Crippen molar-refractivity contribution in [1.82, 2.24) is 4.98 Å². The molecule has 0 radical (unpaired) electrons. The van der Waals surface area contributed by atoms with E-state index >= 15 is 0 Å². The first kappa shape index (κ1) is 29.2. The summed E-state index contributed by atoms with van der Waals surface area (Å²) in [6.07, 6.45) is 4.80. The Morgan fingerprint density at radius 1 is 0.975 bits per heavy atom. The summed E-state index contributed by atoms with van der Waals surface area (Å²) in [4.78, 5) is 30.1. The van der Waals surface area contributed by atoms with E-state index in [2.05, 4.69) is 9.71 Å². The molecule has 3 atom stereocenters. The van der Waals surface area contributed by atoms with Crippen molar-refractivity contribution in [3.05, 3.63) is 83.8 Å². The summed E-state index contributed by atoms with van der Waals surface area (Å²) in [5, 5.41) is -0.142. The van der Waals surface area contributed by atoms with Crippen molar-refractivity contribution in [2.24, 2.45) is 11.8 Å². The number of pyridine rings is 1. The number of aromatic nitrogens is 1. The number of rotatable bonds is 12. The average Bonchev–Trinajstić information content (AvgIpc) is 2.91. The zero-order chi connectivity index (χ0) is 28.7. The number of nitrogen functional groups attached to an aromatic ring is 1. The lowest BCUT2D eigenvalue weighted by Crippen LogP contribution is -2.46. The molecule has 3 aromatic rings. The SMILES string of the molecule is CCC[C@H]1OC(=O)C(CCCc2cccc(NS(=O)(=O)c3ccc(N)cn3)c2)C(=O)C1CCc1ccc(F)cc1. The number of nitrogens with one attached hydrogen (secondary N) is 1. The fraction of sp³-hybridized carbons (Fsp3) is 0.367. The first-order valence-corrected chi connectivity index (χ1v) is 15.0. The van der Waals surface area contributed by atoms with Gasteiger partial charge in [0.2, 0.25) is 0 Å².